The number of ketones is 2. The van der Waals surface area contributed by atoms with Crippen LogP contribution in [0.1, 0.15) is 159 Å². The number of amides is 4. The second-order valence-corrected chi connectivity index (χ2v) is 24.9. The van der Waals surface area contributed by atoms with Crippen molar-refractivity contribution in [1.82, 2.24) is 54.1 Å². The van der Waals surface area contributed by atoms with Crippen molar-refractivity contribution in [3.05, 3.63) is 134 Å². The Bertz CT molecular complexity index is 3650. The Morgan fingerprint density at radius 2 is 0.920 bits per heavy atom. The molecule has 0 saturated carbocycles. The van der Waals surface area contributed by atoms with Crippen LogP contribution in [0.2, 0.25) is 0 Å². The molecule has 19 nitrogen and oxygen atoms in total. The topological polar surface area (TPSA) is 233 Å². The molecule has 21 heteroatoms. The highest BCUT2D eigenvalue weighted by Gasteiger charge is 2.29. The Morgan fingerprint density at radius 1 is 0.511 bits per heavy atom. The molecule has 0 bridgehead atoms. The fraction of sp³-hybridized carbons (Fsp3) is 0.418. The van der Waals surface area contributed by atoms with Crippen LogP contribution in [-0.2, 0) is 58.0 Å². The lowest BCUT2D eigenvalue weighted by Gasteiger charge is -2.25. The van der Waals surface area contributed by atoms with Crippen molar-refractivity contribution in [2.24, 2.45) is 0 Å². The fourth-order valence-electron chi connectivity index (χ4n) is 11.5. The zero-order chi connectivity index (χ0) is 62.8. The largest absolute Gasteiger partial charge is 0.337 e. The Hall–Kier alpha value is -7.91. The molecule has 8 aromatic rings. The number of anilines is 2. The van der Waals surface area contributed by atoms with E-state index in [9.17, 15) is 28.8 Å². The average Bonchev–Trinajstić information content (AvgIpc) is 1.98. The Kier molecular flexibility index (Phi) is 21.6. The number of hydrogen-bond acceptors (Lipinski definition) is 13. The predicted octanol–water partition coefficient (Wildman–Crippen LogP) is 12.8. The van der Waals surface area contributed by atoms with Crippen molar-refractivity contribution >= 4 is 100 Å². The van der Waals surface area contributed by atoms with Crippen molar-refractivity contribution in [3.63, 3.8) is 0 Å². The second-order valence-electron chi connectivity index (χ2n) is 23.3. The second kappa shape index (κ2) is 29.4. The van der Waals surface area contributed by atoms with E-state index in [1.165, 1.54) is 16.7 Å². The summed E-state index contributed by atoms with van der Waals surface area (Å²) in [5, 5.41) is 12.1. The van der Waals surface area contributed by atoms with Gasteiger partial charge in [-0.1, -0.05) is 63.5 Å². The number of Topliss-reactive ketones (excluding diaryl/α,β-unsaturated/α-hetero) is 2. The summed E-state index contributed by atoms with van der Waals surface area (Å²) >= 11 is 6.83. The Labute approximate surface area is 530 Å². The van der Waals surface area contributed by atoms with E-state index in [0.29, 0.717) is 49.1 Å². The van der Waals surface area contributed by atoms with Crippen molar-refractivity contribution in [1.29, 1.82) is 0 Å². The lowest BCUT2D eigenvalue weighted by molar-refractivity contribution is -0.137. The number of carbonyl (C=O) groups is 6. The number of likely N-dealkylation sites (N-methyl/N-ethyl adjacent to an activating group) is 2. The summed E-state index contributed by atoms with van der Waals surface area (Å²) in [5.41, 5.74) is 10.2. The van der Waals surface area contributed by atoms with Crippen molar-refractivity contribution in [2.45, 2.75) is 169 Å². The van der Waals surface area contributed by atoms with Crippen LogP contribution in [0.25, 0.3) is 44.1 Å². The summed E-state index contributed by atoms with van der Waals surface area (Å²) in [6.45, 7) is 10.0. The number of aromatic nitrogens is 9. The van der Waals surface area contributed by atoms with Gasteiger partial charge >= 0.3 is 0 Å². The van der Waals surface area contributed by atoms with Gasteiger partial charge in [0.15, 0.2) is 11.6 Å². The van der Waals surface area contributed by atoms with E-state index in [0.717, 1.165) is 164 Å². The standard InChI is InChI=1S/C34H39BrN6O3.C33H38BrN7O3/c1-21-34(44)39-33-24(13-14-30(35)38-33)11-9-7-5-6-8-10-12-25-15-26(27-17-36-23(3)37-18-27)16-28-29(22(2)42)19-41(32(25)28)20-31(43)40(21)4;1-20-33(44)38-32-23(13-14-28(34)37-32)11-9-7-5-6-8-10-12-24-15-25(26-17-35-22(3)36-18-26)16-27-30(21(2)42)39-41(31(24)27)19-29(43)40(20)4/h13-19,21H,5-12,20H2,1-4H3,(H,38,39,44);13-18,20H,5-12,19H2,1-4H3,(H,37,38,44)/t21-;20-/m00/s1. The number of pyridine rings is 2. The van der Waals surface area contributed by atoms with Gasteiger partial charge in [0.25, 0.3) is 0 Å². The highest BCUT2D eigenvalue weighted by Crippen LogP contribution is 2.35. The molecular formula is C67H77Br2N13O6. The summed E-state index contributed by atoms with van der Waals surface area (Å²) in [6.07, 6.45) is 24.9. The molecule has 2 aliphatic rings. The van der Waals surface area contributed by atoms with Crippen molar-refractivity contribution in [3.8, 4) is 22.3 Å². The van der Waals surface area contributed by atoms with E-state index < -0.39 is 12.1 Å². The highest BCUT2D eigenvalue weighted by atomic mass is 79.9. The highest BCUT2D eigenvalue weighted by molar-refractivity contribution is 9.10. The summed E-state index contributed by atoms with van der Waals surface area (Å²) in [6, 6.07) is 14.4. The van der Waals surface area contributed by atoms with E-state index in [4.69, 9.17) is 0 Å². The number of benzene rings is 2. The molecule has 2 aromatic carbocycles. The van der Waals surface area contributed by atoms with Gasteiger partial charge in [-0.05, 0) is 188 Å². The number of aryl methyl sites for hydroxylation is 6. The first-order valence-corrected chi connectivity index (χ1v) is 32.1. The summed E-state index contributed by atoms with van der Waals surface area (Å²) in [7, 11) is 3.25. The Balaban J connectivity index is 0.000000209. The van der Waals surface area contributed by atoms with Gasteiger partial charge in [0.05, 0.1) is 11.0 Å². The van der Waals surface area contributed by atoms with Crippen LogP contribution in [0.4, 0.5) is 11.6 Å². The minimum Gasteiger partial charge on any atom is -0.337 e. The molecule has 6 aromatic heterocycles. The van der Waals surface area contributed by atoms with Crippen LogP contribution in [0, 0.1) is 13.8 Å². The van der Waals surface area contributed by atoms with Crippen molar-refractivity contribution < 1.29 is 28.8 Å². The van der Waals surface area contributed by atoms with Gasteiger partial charge < -0.3 is 25.0 Å². The SMILES string of the molecule is CC(=O)c1cn2c3c(cc(-c4cnc(C)nc4)cc13)CCCCCCCCc1ccc(Br)nc1NC(=O)[C@H](C)N(C)C(=O)C2.CC(=O)c1nn2c3c(cc(-c4cnc(C)nc4)cc13)CCCCCCCCc1ccc(Br)nc1NC(=O)[C@H](C)N(C)C(=O)C2. The fourth-order valence-corrected chi connectivity index (χ4v) is 12.1. The third kappa shape index (κ3) is 15.7. The average molecular weight is 1320 g/mol. The molecule has 460 valence electrons. The lowest BCUT2D eigenvalue weighted by Crippen LogP contribution is -2.44. The number of nitrogens with zero attached hydrogens (tertiary/aromatic N) is 11. The van der Waals surface area contributed by atoms with Crippen LogP contribution < -0.4 is 10.6 Å². The summed E-state index contributed by atoms with van der Waals surface area (Å²) in [4.78, 5) is 109. The number of carbonyl (C=O) groups excluding carboxylic acids is 6. The van der Waals surface area contributed by atoms with Gasteiger partial charge in [-0.15, -0.1) is 0 Å². The van der Waals surface area contributed by atoms with E-state index in [1.807, 2.05) is 67.2 Å². The number of hydrogen-bond donors (Lipinski definition) is 2. The van der Waals surface area contributed by atoms with E-state index >= 15 is 0 Å². The van der Waals surface area contributed by atoms with Crippen LogP contribution in [0.5, 0.6) is 0 Å². The van der Waals surface area contributed by atoms with Gasteiger partial charge in [0, 0.05) is 79.5 Å². The Morgan fingerprint density at radius 3 is 1.36 bits per heavy atom. The molecule has 4 amide bonds. The van der Waals surface area contributed by atoms with Gasteiger partial charge in [0.2, 0.25) is 23.6 Å². The first-order chi connectivity index (χ1) is 42.2. The maximum atomic E-state index is 13.7. The van der Waals surface area contributed by atoms with Crippen LogP contribution in [0.15, 0.2) is 88.7 Å². The molecule has 8 heterocycles. The molecule has 0 aliphatic carbocycles. The molecule has 2 aliphatic heterocycles. The molecule has 0 fully saturated rings. The van der Waals surface area contributed by atoms with Crippen LogP contribution in [0.3, 0.4) is 0 Å². The minimum atomic E-state index is -0.764. The van der Waals surface area contributed by atoms with Crippen LogP contribution >= 0.6 is 31.9 Å². The smallest absolute Gasteiger partial charge is 0.248 e. The molecular weight excluding hydrogens is 1240 g/mol. The maximum Gasteiger partial charge on any atom is 0.248 e. The first-order valence-electron chi connectivity index (χ1n) is 30.5. The predicted molar refractivity (Wildman–Crippen MR) is 349 cm³/mol. The van der Waals surface area contributed by atoms with Gasteiger partial charge in [0.1, 0.15) is 63.4 Å². The molecule has 10 rings (SSSR count). The molecule has 0 unspecified atom stereocenters. The summed E-state index contributed by atoms with van der Waals surface area (Å²) in [5.74, 6) is 0.992. The first kappa shape index (κ1) is 64.6. The number of nitrogens with one attached hydrogen (secondary N) is 2. The van der Waals surface area contributed by atoms with E-state index in [-0.39, 0.29) is 48.3 Å². The van der Waals surface area contributed by atoms with E-state index in [1.54, 1.807) is 58.1 Å². The number of halogens is 2. The molecule has 2 N–H and O–H groups in total. The van der Waals surface area contributed by atoms with Gasteiger partial charge in [-0.3, -0.25) is 33.4 Å². The van der Waals surface area contributed by atoms with Crippen LogP contribution in [-0.4, -0.2) is 115 Å². The third-order valence-corrected chi connectivity index (χ3v) is 17.8. The van der Waals surface area contributed by atoms with Gasteiger partial charge in [-0.25, -0.2) is 29.9 Å². The lowest BCUT2D eigenvalue weighted by atomic mass is 9.96. The quantitative estimate of drug-likeness (QED) is 0.123. The molecule has 0 spiro atoms. The minimum absolute atomic E-state index is 0.00171. The zero-order valence-electron chi connectivity index (χ0n) is 51.5. The molecule has 2 atom stereocenters. The van der Waals surface area contributed by atoms with Crippen molar-refractivity contribution in [2.75, 3.05) is 24.7 Å². The molecule has 0 saturated heterocycles. The number of fused-ring (bicyclic) bond motifs is 2. The molecule has 88 heavy (non-hydrogen) atoms. The maximum absolute atomic E-state index is 13.7. The normalized spacial score (nSPS) is 17.4. The number of rotatable bonds is 4. The van der Waals surface area contributed by atoms with E-state index in [2.05, 4.69) is 89.6 Å². The molecule has 0 radical (unpaired) electrons. The van der Waals surface area contributed by atoms with Gasteiger partial charge in [-0.2, -0.15) is 5.10 Å². The monoisotopic (exact) mass is 1320 g/mol. The zero-order valence-corrected chi connectivity index (χ0v) is 54.7. The third-order valence-electron chi connectivity index (χ3n) is 16.9. The summed E-state index contributed by atoms with van der Waals surface area (Å²) < 4.78 is 4.78.